The maximum absolute atomic E-state index is 12.9. The van der Waals surface area contributed by atoms with Gasteiger partial charge in [0, 0.05) is 41.6 Å². The van der Waals surface area contributed by atoms with Gasteiger partial charge in [0.25, 0.3) is 5.91 Å². The first-order valence-corrected chi connectivity index (χ1v) is 9.91. The molecule has 0 aliphatic rings. The fourth-order valence-corrected chi connectivity index (χ4v) is 3.29. The van der Waals surface area contributed by atoms with Crippen molar-refractivity contribution < 1.29 is 18.0 Å². The summed E-state index contributed by atoms with van der Waals surface area (Å²) in [5.41, 5.74) is 1.39. The molecule has 170 valence electrons. The van der Waals surface area contributed by atoms with E-state index in [1.54, 1.807) is 37.5 Å². The molecule has 3 aromatic heterocycles. The second kappa shape index (κ2) is 8.74. The van der Waals surface area contributed by atoms with Crippen molar-refractivity contribution in [2.75, 3.05) is 17.7 Å². The Morgan fingerprint density at radius 2 is 1.85 bits per heavy atom. The van der Waals surface area contributed by atoms with Crippen molar-refractivity contribution in [3.8, 4) is 17.2 Å². The number of aromatic nitrogens is 4. The number of aryl methyl sites for hydroxylation is 1. The molecule has 0 radical (unpaired) electrons. The Morgan fingerprint density at radius 1 is 1.06 bits per heavy atom. The Kier molecular flexibility index (Phi) is 5.81. The fourth-order valence-electron chi connectivity index (χ4n) is 3.29. The number of nitrogens with zero attached hydrogens (tertiary/aromatic N) is 5. The number of alkyl halides is 3. The van der Waals surface area contributed by atoms with E-state index in [-0.39, 0.29) is 11.3 Å². The van der Waals surface area contributed by atoms with Crippen molar-refractivity contribution in [2.45, 2.75) is 13.1 Å². The van der Waals surface area contributed by atoms with E-state index in [9.17, 15) is 23.2 Å². The number of hydrogen-bond acceptors (Lipinski definition) is 7. The van der Waals surface area contributed by atoms with E-state index in [1.165, 1.54) is 6.07 Å². The molecule has 0 unspecified atom stereocenters. The Balaban J connectivity index is 1.71. The molecule has 0 aliphatic carbocycles. The summed E-state index contributed by atoms with van der Waals surface area (Å²) in [6.07, 6.45) is -2.16. The van der Waals surface area contributed by atoms with E-state index in [2.05, 4.69) is 36.6 Å². The summed E-state index contributed by atoms with van der Waals surface area (Å²) in [4.78, 5) is 28.6. The lowest BCUT2D eigenvalue weighted by atomic mass is 9.97. The van der Waals surface area contributed by atoms with Gasteiger partial charge in [-0.2, -0.15) is 23.4 Å². The van der Waals surface area contributed by atoms with Gasteiger partial charge in [-0.15, -0.1) is 0 Å². The van der Waals surface area contributed by atoms with Crippen LogP contribution in [0.25, 0.3) is 22.2 Å². The van der Waals surface area contributed by atoms with Crippen LogP contribution < -0.4 is 10.6 Å². The molecular weight excluding hydrogens is 447 g/mol. The predicted octanol–water partition coefficient (Wildman–Crippen LogP) is 4.58. The summed E-state index contributed by atoms with van der Waals surface area (Å²) in [6, 6.07) is 10.6. The van der Waals surface area contributed by atoms with Gasteiger partial charge in [-0.05, 0) is 48.4 Å². The molecule has 34 heavy (non-hydrogen) atoms. The van der Waals surface area contributed by atoms with Crippen LogP contribution in [0.5, 0.6) is 0 Å². The predicted molar refractivity (Wildman–Crippen MR) is 119 cm³/mol. The van der Waals surface area contributed by atoms with Crippen molar-refractivity contribution in [3.05, 3.63) is 71.3 Å². The fraction of sp³-hybridized carbons (Fsp3) is 0.130. The zero-order chi connectivity index (χ0) is 24.5. The van der Waals surface area contributed by atoms with E-state index >= 15 is 0 Å². The standard InChI is InChI=1S/C23H16F3N7O/c1-12-3-4-15(31-21(34)13-5-6-29-19(8-13)23(24,25)26)9-16(12)17-7-14-11-30-22(28-2)33-20(14)32-18(17)10-27/h3-9,11H,1-2H3,(H,31,34)(H,28,30,32,33). The van der Waals surface area contributed by atoms with Crippen LogP contribution in [0.4, 0.5) is 24.8 Å². The number of carbonyl (C=O) groups excluding carboxylic acids is 1. The smallest absolute Gasteiger partial charge is 0.357 e. The lowest BCUT2D eigenvalue weighted by Crippen LogP contribution is -2.15. The highest BCUT2D eigenvalue weighted by Crippen LogP contribution is 2.31. The van der Waals surface area contributed by atoms with E-state index < -0.39 is 17.8 Å². The highest BCUT2D eigenvalue weighted by molar-refractivity contribution is 6.04. The molecule has 0 bridgehead atoms. The van der Waals surface area contributed by atoms with Gasteiger partial charge in [-0.25, -0.2) is 9.97 Å². The average Bonchev–Trinajstić information content (AvgIpc) is 2.83. The molecule has 11 heteroatoms. The van der Waals surface area contributed by atoms with Gasteiger partial charge in [-0.3, -0.25) is 9.78 Å². The number of rotatable bonds is 4. The van der Waals surface area contributed by atoms with Gasteiger partial charge in [0.2, 0.25) is 5.95 Å². The molecule has 0 aliphatic heterocycles. The maximum atomic E-state index is 12.9. The number of fused-ring (bicyclic) bond motifs is 1. The largest absolute Gasteiger partial charge is 0.433 e. The molecule has 1 aromatic carbocycles. The highest BCUT2D eigenvalue weighted by Gasteiger charge is 2.33. The van der Waals surface area contributed by atoms with Crippen LogP contribution in [0.3, 0.4) is 0 Å². The number of nitriles is 1. The third-order valence-corrected chi connectivity index (χ3v) is 5.00. The number of nitrogens with one attached hydrogen (secondary N) is 2. The summed E-state index contributed by atoms with van der Waals surface area (Å²) in [7, 11) is 1.67. The Hall–Kier alpha value is -4.59. The van der Waals surface area contributed by atoms with Gasteiger partial charge < -0.3 is 10.6 Å². The minimum Gasteiger partial charge on any atom is -0.357 e. The summed E-state index contributed by atoms with van der Waals surface area (Å²) in [5, 5.41) is 15.7. The van der Waals surface area contributed by atoms with Crippen LogP contribution in [0.1, 0.15) is 27.3 Å². The van der Waals surface area contributed by atoms with Gasteiger partial charge in [0.15, 0.2) is 11.3 Å². The molecule has 2 N–H and O–H groups in total. The van der Waals surface area contributed by atoms with Crippen LogP contribution in [0.2, 0.25) is 0 Å². The second-order valence-corrected chi connectivity index (χ2v) is 7.26. The average molecular weight is 463 g/mol. The normalized spacial score (nSPS) is 11.2. The molecular formula is C23H16F3N7O. The van der Waals surface area contributed by atoms with Crippen LogP contribution in [0.15, 0.2) is 48.8 Å². The van der Waals surface area contributed by atoms with E-state index in [0.717, 1.165) is 11.8 Å². The van der Waals surface area contributed by atoms with E-state index in [0.29, 0.717) is 39.9 Å². The van der Waals surface area contributed by atoms with Crippen molar-refractivity contribution >= 4 is 28.6 Å². The molecule has 0 spiro atoms. The first-order chi connectivity index (χ1) is 16.2. The number of pyridine rings is 2. The van der Waals surface area contributed by atoms with Gasteiger partial charge in [-0.1, -0.05) is 6.07 Å². The van der Waals surface area contributed by atoms with Gasteiger partial charge in [0.05, 0.1) is 0 Å². The van der Waals surface area contributed by atoms with Crippen molar-refractivity contribution in [1.29, 1.82) is 5.26 Å². The summed E-state index contributed by atoms with van der Waals surface area (Å²) >= 11 is 0. The quantitative estimate of drug-likeness (QED) is 0.455. The van der Waals surface area contributed by atoms with E-state index in [4.69, 9.17) is 0 Å². The molecule has 0 saturated carbocycles. The first kappa shape index (κ1) is 22.6. The molecule has 3 heterocycles. The lowest BCUT2D eigenvalue weighted by molar-refractivity contribution is -0.141. The third kappa shape index (κ3) is 4.47. The molecule has 0 atom stereocenters. The third-order valence-electron chi connectivity index (χ3n) is 5.00. The molecule has 8 nitrogen and oxygen atoms in total. The molecule has 4 aromatic rings. The monoisotopic (exact) mass is 463 g/mol. The van der Waals surface area contributed by atoms with Crippen LogP contribution >= 0.6 is 0 Å². The van der Waals surface area contributed by atoms with Gasteiger partial charge >= 0.3 is 6.18 Å². The highest BCUT2D eigenvalue weighted by atomic mass is 19.4. The number of halogens is 3. The van der Waals surface area contributed by atoms with Crippen LogP contribution in [-0.2, 0) is 6.18 Å². The molecule has 1 amide bonds. The summed E-state index contributed by atoms with van der Waals surface area (Å²) in [6.45, 7) is 1.82. The number of amides is 1. The zero-order valence-electron chi connectivity index (χ0n) is 17.9. The minimum absolute atomic E-state index is 0.129. The summed E-state index contributed by atoms with van der Waals surface area (Å²) < 4.78 is 38.8. The number of carbonyl (C=O) groups is 1. The van der Waals surface area contributed by atoms with Crippen molar-refractivity contribution in [1.82, 2.24) is 19.9 Å². The minimum atomic E-state index is -4.66. The van der Waals surface area contributed by atoms with Crippen LogP contribution in [-0.4, -0.2) is 32.9 Å². The molecule has 0 saturated heterocycles. The Labute approximate surface area is 191 Å². The zero-order valence-corrected chi connectivity index (χ0v) is 17.9. The lowest BCUT2D eigenvalue weighted by Gasteiger charge is -2.13. The van der Waals surface area contributed by atoms with E-state index in [1.807, 2.05) is 6.92 Å². The Morgan fingerprint density at radius 3 is 2.56 bits per heavy atom. The summed E-state index contributed by atoms with van der Waals surface area (Å²) in [5.74, 6) is -0.366. The maximum Gasteiger partial charge on any atom is 0.433 e. The topological polar surface area (TPSA) is 116 Å². The van der Waals surface area contributed by atoms with Crippen LogP contribution in [0, 0.1) is 18.3 Å². The van der Waals surface area contributed by atoms with Gasteiger partial charge in [0.1, 0.15) is 11.8 Å². The number of hydrogen-bond donors (Lipinski definition) is 2. The SMILES string of the molecule is CNc1ncc2cc(-c3cc(NC(=O)c4ccnc(C(F)(F)F)c4)ccc3C)c(C#N)nc2n1. The van der Waals surface area contributed by atoms with Crippen molar-refractivity contribution in [2.24, 2.45) is 0 Å². The first-order valence-electron chi connectivity index (χ1n) is 9.91. The van der Waals surface area contributed by atoms with Crippen molar-refractivity contribution in [3.63, 3.8) is 0 Å². The molecule has 0 fully saturated rings. The second-order valence-electron chi connectivity index (χ2n) is 7.26. The molecule has 4 rings (SSSR count). The number of anilines is 2. The number of benzene rings is 1. The Bertz CT molecular complexity index is 1460.